The van der Waals surface area contributed by atoms with E-state index < -0.39 is 0 Å². The van der Waals surface area contributed by atoms with Gasteiger partial charge in [0.1, 0.15) is 5.75 Å². The van der Waals surface area contributed by atoms with E-state index in [-0.39, 0.29) is 5.91 Å². The monoisotopic (exact) mass is 338 g/mol. The zero-order valence-corrected chi connectivity index (χ0v) is 12.5. The number of nitrogens with one attached hydrogen (secondary N) is 1. The number of carbonyl (C=O) groups excluding carboxylic acids is 1. The van der Waals surface area contributed by atoms with Crippen LogP contribution >= 0.6 is 27.3 Å². The molecule has 6 heteroatoms. The minimum absolute atomic E-state index is 0.308. The minimum Gasteiger partial charge on any atom is -0.496 e. The number of hydrogen-bond donors (Lipinski definition) is 1. The highest BCUT2D eigenvalue weighted by Crippen LogP contribution is 2.23. The van der Waals surface area contributed by atoms with Crippen molar-refractivity contribution in [2.45, 2.75) is 0 Å². The van der Waals surface area contributed by atoms with Crippen LogP contribution < -0.4 is 10.2 Å². The lowest BCUT2D eigenvalue weighted by Crippen LogP contribution is -2.18. The van der Waals surface area contributed by atoms with Crippen LogP contribution in [0.2, 0.25) is 0 Å². The molecular formula is C13H11BrN2O2S. The molecule has 0 spiro atoms. The molecule has 2 aromatic rings. The molecule has 0 aliphatic rings. The van der Waals surface area contributed by atoms with E-state index in [4.69, 9.17) is 4.74 Å². The number of benzene rings is 1. The van der Waals surface area contributed by atoms with Gasteiger partial charge in [0, 0.05) is 9.35 Å². The van der Waals surface area contributed by atoms with Gasteiger partial charge in [-0.05, 0) is 29.6 Å². The summed E-state index contributed by atoms with van der Waals surface area (Å²) in [6.07, 6.45) is 1.61. The van der Waals surface area contributed by atoms with Crippen molar-refractivity contribution in [2.24, 2.45) is 5.10 Å². The molecule has 0 atom stereocenters. The summed E-state index contributed by atoms with van der Waals surface area (Å²) < 4.78 is 6.01. The normalized spacial score (nSPS) is 10.6. The van der Waals surface area contributed by atoms with Gasteiger partial charge >= 0.3 is 0 Å². The largest absolute Gasteiger partial charge is 0.496 e. The van der Waals surface area contributed by atoms with Crippen LogP contribution in [0, 0.1) is 0 Å². The first-order chi connectivity index (χ1) is 9.20. The third kappa shape index (κ3) is 3.65. The molecule has 1 N–H and O–H groups in total. The van der Waals surface area contributed by atoms with E-state index in [2.05, 4.69) is 26.5 Å². The summed E-state index contributed by atoms with van der Waals surface area (Å²) in [5.41, 5.74) is 2.91. The SMILES string of the molecule is COc1cc(Br)ccc1C(=O)NN=Cc1cccs1. The average molecular weight is 339 g/mol. The number of carbonyl (C=O) groups is 1. The molecule has 0 saturated carbocycles. The van der Waals surface area contributed by atoms with Crippen LogP contribution in [0.3, 0.4) is 0 Å². The molecule has 1 amide bonds. The maximum absolute atomic E-state index is 11.9. The number of nitrogens with zero attached hydrogens (tertiary/aromatic N) is 1. The number of methoxy groups -OCH3 is 1. The number of halogens is 1. The van der Waals surface area contributed by atoms with E-state index >= 15 is 0 Å². The van der Waals surface area contributed by atoms with Gasteiger partial charge in [0.15, 0.2) is 0 Å². The van der Waals surface area contributed by atoms with Crippen LogP contribution in [0.15, 0.2) is 45.3 Å². The molecule has 1 aromatic heterocycles. The fraction of sp³-hybridized carbons (Fsp3) is 0.0769. The molecule has 19 heavy (non-hydrogen) atoms. The molecule has 4 nitrogen and oxygen atoms in total. The molecule has 2 rings (SSSR count). The first kappa shape index (κ1) is 13.8. The first-order valence-electron chi connectivity index (χ1n) is 5.41. The fourth-order valence-corrected chi connectivity index (χ4v) is 2.36. The Hall–Kier alpha value is -1.66. The van der Waals surface area contributed by atoms with Crippen LogP contribution in [0.1, 0.15) is 15.2 Å². The van der Waals surface area contributed by atoms with E-state index in [0.717, 1.165) is 9.35 Å². The van der Waals surface area contributed by atoms with Gasteiger partial charge in [0.2, 0.25) is 0 Å². The van der Waals surface area contributed by atoms with Crippen molar-refractivity contribution in [1.29, 1.82) is 0 Å². The van der Waals surface area contributed by atoms with Crippen LogP contribution in [0.25, 0.3) is 0 Å². The Labute approximate surface area is 123 Å². The lowest BCUT2D eigenvalue weighted by molar-refractivity contribution is 0.0952. The van der Waals surface area contributed by atoms with Gasteiger partial charge in [0.05, 0.1) is 18.9 Å². The number of ether oxygens (including phenoxy) is 1. The van der Waals surface area contributed by atoms with Gasteiger partial charge in [0.25, 0.3) is 5.91 Å². The van der Waals surface area contributed by atoms with E-state index in [9.17, 15) is 4.79 Å². The number of hydrazone groups is 1. The standard InChI is InChI=1S/C13H11BrN2O2S/c1-18-12-7-9(14)4-5-11(12)13(17)16-15-8-10-3-2-6-19-10/h2-8H,1H3,(H,16,17). The molecule has 1 aromatic carbocycles. The number of thiophene rings is 1. The molecule has 0 bridgehead atoms. The van der Waals surface area contributed by atoms with Crippen LogP contribution in [-0.4, -0.2) is 19.2 Å². The third-order valence-corrected chi connectivity index (χ3v) is 3.61. The highest BCUT2D eigenvalue weighted by Gasteiger charge is 2.11. The van der Waals surface area contributed by atoms with Gasteiger partial charge in [-0.3, -0.25) is 4.79 Å². The predicted octanol–water partition coefficient (Wildman–Crippen LogP) is 3.28. The van der Waals surface area contributed by atoms with Gasteiger partial charge in [-0.2, -0.15) is 5.10 Å². The fourth-order valence-electron chi connectivity index (χ4n) is 1.43. The number of amides is 1. The Balaban J connectivity index is 2.08. The highest BCUT2D eigenvalue weighted by atomic mass is 79.9. The van der Waals surface area contributed by atoms with Crippen molar-refractivity contribution in [3.63, 3.8) is 0 Å². The Morgan fingerprint density at radius 2 is 2.32 bits per heavy atom. The van der Waals surface area contributed by atoms with Crippen molar-refractivity contribution in [2.75, 3.05) is 7.11 Å². The maximum atomic E-state index is 11.9. The van der Waals surface area contributed by atoms with Crippen molar-refractivity contribution >= 4 is 39.4 Å². The quantitative estimate of drug-likeness (QED) is 0.687. The minimum atomic E-state index is -0.308. The highest BCUT2D eigenvalue weighted by molar-refractivity contribution is 9.10. The predicted molar refractivity (Wildman–Crippen MR) is 80.1 cm³/mol. The van der Waals surface area contributed by atoms with Gasteiger partial charge < -0.3 is 4.74 Å². The molecule has 1 heterocycles. The maximum Gasteiger partial charge on any atom is 0.275 e. The summed E-state index contributed by atoms with van der Waals surface area (Å²) >= 11 is 4.87. The van der Waals surface area contributed by atoms with E-state index in [1.54, 1.807) is 35.8 Å². The van der Waals surface area contributed by atoms with E-state index in [1.165, 1.54) is 7.11 Å². The second-order valence-corrected chi connectivity index (χ2v) is 5.45. The van der Waals surface area contributed by atoms with Crippen LogP contribution in [-0.2, 0) is 0 Å². The Bertz CT molecular complexity index is 597. The zero-order chi connectivity index (χ0) is 13.7. The lowest BCUT2D eigenvalue weighted by Gasteiger charge is -2.07. The van der Waals surface area contributed by atoms with Crippen molar-refractivity contribution < 1.29 is 9.53 Å². The van der Waals surface area contributed by atoms with E-state index in [1.807, 2.05) is 17.5 Å². The van der Waals surface area contributed by atoms with Crippen molar-refractivity contribution in [3.8, 4) is 5.75 Å². The zero-order valence-electron chi connectivity index (χ0n) is 10.1. The smallest absolute Gasteiger partial charge is 0.275 e. The molecule has 0 aliphatic heterocycles. The summed E-state index contributed by atoms with van der Waals surface area (Å²) in [6.45, 7) is 0. The van der Waals surface area contributed by atoms with Crippen LogP contribution in [0.5, 0.6) is 5.75 Å². The second kappa shape index (κ2) is 6.49. The molecule has 0 aliphatic carbocycles. The first-order valence-corrected chi connectivity index (χ1v) is 7.08. The van der Waals surface area contributed by atoms with Crippen molar-refractivity contribution in [3.05, 3.63) is 50.6 Å². The van der Waals surface area contributed by atoms with Crippen LogP contribution in [0.4, 0.5) is 0 Å². The molecule has 98 valence electrons. The van der Waals surface area contributed by atoms with Gasteiger partial charge in [-0.25, -0.2) is 5.43 Å². The summed E-state index contributed by atoms with van der Waals surface area (Å²) in [5.74, 6) is 0.190. The third-order valence-electron chi connectivity index (χ3n) is 2.31. The van der Waals surface area contributed by atoms with E-state index in [0.29, 0.717) is 11.3 Å². The molecule has 0 fully saturated rings. The second-order valence-electron chi connectivity index (χ2n) is 3.56. The molecular weight excluding hydrogens is 328 g/mol. The topological polar surface area (TPSA) is 50.7 Å². The number of rotatable bonds is 4. The van der Waals surface area contributed by atoms with Gasteiger partial charge in [-0.1, -0.05) is 22.0 Å². The molecule has 0 saturated heterocycles. The summed E-state index contributed by atoms with van der Waals surface area (Å²) in [7, 11) is 1.52. The van der Waals surface area contributed by atoms with Crippen molar-refractivity contribution in [1.82, 2.24) is 5.43 Å². The summed E-state index contributed by atoms with van der Waals surface area (Å²) in [6, 6.07) is 9.03. The molecule has 0 unspecified atom stereocenters. The summed E-state index contributed by atoms with van der Waals surface area (Å²) in [5, 5.41) is 5.85. The average Bonchev–Trinajstić information content (AvgIpc) is 2.91. The van der Waals surface area contributed by atoms with Gasteiger partial charge in [-0.15, -0.1) is 11.3 Å². The Morgan fingerprint density at radius 1 is 1.47 bits per heavy atom. The lowest BCUT2D eigenvalue weighted by atomic mass is 10.2. The Kier molecular flexibility index (Phi) is 4.70. The Morgan fingerprint density at radius 3 is 3.00 bits per heavy atom. The summed E-state index contributed by atoms with van der Waals surface area (Å²) in [4.78, 5) is 12.9. The number of hydrogen-bond acceptors (Lipinski definition) is 4. The molecule has 0 radical (unpaired) electrons.